The normalized spacial score (nSPS) is 21.9. The number of likely N-dealkylation sites (N-methyl/N-ethyl adjacent to an activating group) is 1. The standard InChI is InChI=1S/C11H16Cl2N4/c1-16-2-3-17(9(5-14)7-16)11-10(13)4-8(12)6-15-11/h4,6,9H,2-3,5,7,14H2,1H3. The highest BCUT2D eigenvalue weighted by Gasteiger charge is 2.26. The van der Waals surface area contributed by atoms with E-state index in [1.165, 1.54) is 0 Å². The van der Waals surface area contributed by atoms with E-state index in [1.807, 2.05) is 0 Å². The molecular formula is C11H16Cl2N4. The summed E-state index contributed by atoms with van der Waals surface area (Å²) in [5.41, 5.74) is 5.81. The van der Waals surface area contributed by atoms with E-state index in [1.54, 1.807) is 12.3 Å². The van der Waals surface area contributed by atoms with E-state index in [4.69, 9.17) is 28.9 Å². The van der Waals surface area contributed by atoms with Gasteiger partial charge in [0.25, 0.3) is 0 Å². The summed E-state index contributed by atoms with van der Waals surface area (Å²) in [6, 6.07) is 1.97. The van der Waals surface area contributed by atoms with Crippen LogP contribution in [0, 0.1) is 0 Å². The Morgan fingerprint density at radius 1 is 1.47 bits per heavy atom. The third kappa shape index (κ3) is 2.83. The minimum atomic E-state index is 0.250. The average Bonchev–Trinajstić information content (AvgIpc) is 2.30. The molecule has 1 aromatic rings. The quantitative estimate of drug-likeness (QED) is 0.887. The molecule has 6 heteroatoms. The van der Waals surface area contributed by atoms with Crippen molar-refractivity contribution in [2.24, 2.45) is 5.73 Å². The summed E-state index contributed by atoms with van der Waals surface area (Å²) in [7, 11) is 2.09. The molecular weight excluding hydrogens is 259 g/mol. The van der Waals surface area contributed by atoms with Crippen molar-refractivity contribution < 1.29 is 0 Å². The summed E-state index contributed by atoms with van der Waals surface area (Å²) >= 11 is 12.0. The number of hydrogen-bond donors (Lipinski definition) is 1. The van der Waals surface area contributed by atoms with Crippen LogP contribution in [-0.2, 0) is 0 Å². The first-order valence-electron chi connectivity index (χ1n) is 5.58. The minimum Gasteiger partial charge on any atom is -0.349 e. The number of nitrogens with two attached hydrogens (primary N) is 1. The molecule has 4 nitrogen and oxygen atoms in total. The summed E-state index contributed by atoms with van der Waals surface area (Å²) in [5, 5.41) is 1.14. The van der Waals surface area contributed by atoms with E-state index in [9.17, 15) is 0 Å². The van der Waals surface area contributed by atoms with Crippen LogP contribution >= 0.6 is 23.2 Å². The number of anilines is 1. The Kier molecular flexibility index (Phi) is 4.09. The van der Waals surface area contributed by atoms with Crippen molar-refractivity contribution in [1.29, 1.82) is 0 Å². The minimum absolute atomic E-state index is 0.250. The Bertz CT molecular complexity index is 399. The number of pyridine rings is 1. The molecule has 2 heterocycles. The van der Waals surface area contributed by atoms with Crippen LogP contribution in [0.1, 0.15) is 0 Å². The zero-order valence-corrected chi connectivity index (χ0v) is 11.2. The number of rotatable bonds is 2. The monoisotopic (exact) mass is 274 g/mol. The second kappa shape index (κ2) is 5.40. The molecule has 1 saturated heterocycles. The van der Waals surface area contributed by atoms with E-state index in [0.717, 1.165) is 25.5 Å². The zero-order valence-electron chi connectivity index (χ0n) is 9.74. The first kappa shape index (κ1) is 12.9. The Labute approximate surface area is 111 Å². The van der Waals surface area contributed by atoms with Gasteiger partial charge in [0.15, 0.2) is 0 Å². The molecule has 2 rings (SSSR count). The van der Waals surface area contributed by atoms with E-state index in [2.05, 4.69) is 21.8 Å². The molecule has 2 N–H and O–H groups in total. The van der Waals surface area contributed by atoms with E-state index >= 15 is 0 Å². The molecule has 0 saturated carbocycles. The molecule has 1 aromatic heterocycles. The van der Waals surface area contributed by atoms with Gasteiger partial charge in [-0.2, -0.15) is 0 Å². The predicted molar refractivity (Wildman–Crippen MR) is 71.9 cm³/mol. The molecule has 94 valence electrons. The van der Waals surface area contributed by atoms with Crippen LogP contribution in [0.25, 0.3) is 0 Å². The van der Waals surface area contributed by atoms with Crippen molar-refractivity contribution in [1.82, 2.24) is 9.88 Å². The van der Waals surface area contributed by atoms with Gasteiger partial charge in [0.05, 0.1) is 16.1 Å². The Morgan fingerprint density at radius 2 is 2.24 bits per heavy atom. The van der Waals surface area contributed by atoms with Crippen molar-refractivity contribution in [2.75, 3.05) is 38.1 Å². The van der Waals surface area contributed by atoms with E-state index < -0.39 is 0 Å². The molecule has 1 aliphatic rings. The molecule has 0 bridgehead atoms. The fourth-order valence-corrected chi connectivity index (χ4v) is 2.60. The molecule has 0 spiro atoms. The summed E-state index contributed by atoms with van der Waals surface area (Å²) in [6.45, 7) is 3.38. The third-order valence-corrected chi connectivity index (χ3v) is 3.50. The SMILES string of the molecule is CN1CCN(c2ncc(Cl)cc2Cl)C(CN)C1. The van der Waals surface area contributed by atoms with Crippen molar-refractivity contribution in [3.63, 3.8) is 0 Å². The van der Waals surface area contributed by atoms with E-state index in [-0.39, 0.29) is 6.04 Å². The zero-order chi connectivity index (χ0) is 12.4. The van der Waals surface area contributed by atoms with Gasteiger partial charge in [-0.25, -0.2) is 4.98 Å². The first-order chi connectivity index (χ1) is 8.11. The summed E-state index contributed by atoms with van der Waals surface area (Å²) in [6.07, 6.45) is 1.62. The Morgan fingerprint density at radius 3 is 2.88 bits per heavy atom. The van der Waals surface area contributed by atoms with Gasteiger partial charge < -0.3 is 15.5 Å². The van der Waals surface area contributed by atoms with Crippen molar-refractivity contribution in [2.45, 2.75) is 6.04 Å². The van der Waals surface area contributed by atoms with Crippen LogP contribution < -0.4 is 10.6 Å². The smallest absolute Gasteiger partial charge is 0.147 e. The molecule has 1 aliphatic heterocycles. The maximum Gasteiger partial charge on any atom is 0.147 e. The third-order valence-electron chi connectivity index (χ3n) is 3.02. The second-order valence-electron chi connectivity index (χ2n) is 4.30. The van der Waals surface area contributed by atoms with Crippen molar-refractivity contribution >= 4 is 29.0 Å². The lowest BCUT2D eigenvalue weighted by atomic mass is 10.1. The highest BCUT2D eigenvalue weighted by molar-refractivity contribution is 6.36. The fraction of sp³-hybridized carbons (Fsp3) is 0.545. The van der Waals surface area contributed by atoms with Crippen LogP contribution in [0.4, 0.5) is 5.82 Å². The van der Waals surface area contributed by atoms with E-state index in [0.29, 0.717) is 16.6 Å². The topological polar surface area (TPSA) is 45.4 Å². The maximum absolute atomic E-state index is 6.18. The molecule has 1 unspecified atom stereocenters. The van der Waals surface area contributed by atoms with Gasteiger partial charge in [-0.15, -0.1) is 0 Å². The van der Waals surface area contributed by atoms with Gasteiger partial charge in [-0.1, -0.05) is 23.2 Å². The molecule has 0 amide bonds. The largest absolute Gasteiger partial charge is 0.349 e. The number of aromatic nitrogens is 1. The lowest BCUT2D eigenvalue weighted by Crippen LogP contribution is -2.55. The van der Waals surface area contributed by atoms with Gasteiger partial charge in [-0.05, 0) is 13.1 Å². The molecule has 0 aliphatic carbocycles. The van der Waals surface area contributed by atoms with Gasteiger partial charge >= 0.3 is 0 Å². The van der Waals surface area contributed by atoms with Crippen LogP contribution in [0.5, 0.6) is 0 Å². The second-order valence-corrected chi connectivity index (χ2v) is 5.15. The molecule has 1 fully saturated rings. The summed E-state index contributed by atoms with van der Waals surface area (Å²) in [4.78, 5) is 8.74. The first-order valence-corrected chi connectivity index (χ1v) is 6.33. The van der Waals surface area contributed by atoms with Gasteiger partial charge in [0, 0.05) is 32.4 Å². The Balaban J connectivity index is 2.25. The highest BCUT2D eigenvalue weighted by Crippen LogP contribution is 2.28. The molecule has 17 heavy (non-hydrogen) atoms. The lowest BCUT2D eigenvalue weighted by Gasteiger charge is -2.40. The van der Waals surface area contributed by atoms with Crippen molar-refractivity contribution in [3.8, 4) is 0 Å². The molecule has 0 aromatic carbocycles. The predicted octanol–water partition coefficient (Wildman–Crippen LogP) is 1.47. The lowest BCUT2D eigenvalue weighted by molar-refractivity contribution is 0.269. The Hall–Kier alpha value is -0.550. The summed E-state index contributed by atoms with van der Waals surface area (Å²) in [5.74, 6) is 0.777. The number of hydrogen-bond acceptors (Lipinski definition) is 4. The average molecular weight is 275 g/mol. The van der Waals surface area contributed by atoms with Crippen LogP contribution in [0.3, 0.4) is 0 Å². The van der Waals surface area contributed by atoms with Crippen molar-refractivity contribution in [3.05, 3.63) is 22.3 Å². The summed E-state index contributed by atoms with van der Waals surface area (Å²) < 4.78 is 0. The number of nitrogens with zero attached hydrogens (tertiary/aromatic N) is 3. The maximum atomic E-state index is 6.18. The van der Waals surface area contributed by atoms with Gasteiger partial charge in [0.2, 0.25) is 0 Å². The van der Waals surface area contributed by atoms with Gasteiger partial charge in [-0.3, -0.25) is 0 Å². The van der Waals surface area contributed by atoms with Crippen LogP contribution in [0.2, 0.25) is 10.0 Å². The van der Waals surface area contributed by atoms with Gasteiger partial charge in [0.1, 0.15) is 5.82 Å². The number of piperazine rings is 1. The fourth-order valence-electron chi connectivity index (χ4n) is 2.11. The van der Waals surface area contributed by atoms with Crippen LogP contribution in [0.15, 0.2) is 12.3 Å². The highest BCUT2D eigenvalue weighted by atomic mass is 35.5. The number of halogens is 2. The molecule has 1 atom stereocenters. The molecule has 0 radical (unpaired) electrons. The van der Waals surface area contributed by atoms with Crippen LogP contribution in [-0.4, -0.2) is 49.2 Å².